The van der Waals surface area contributed by atoms with E-state index >= 15 is 0 Å². The SMILES string of the molecule is Cc1nc(-c2ccco2)c(Br)n1C. The zero-order valence-corrected chi connectivity index (χ0v) is 9.00. The summed E-state index contributed by atoms with van der Waals surface area (Å²) in [4.78, 5) is 4.37. The summed E-state index contributed by atoms with van der Waals surface area (Å²) in [7, 11) is 1.96. The average Bonchev–Trinajstić information content (AvgIpc) is 2.70. The van der Waals surface area contributed by atoms with E-state index in [1.54, 1.807) is 6.26 Å². The van der Waals surface area contributed by atoms with Gasteiger partial charge >= 0.3 is 0 Å². The van der Waals surface area contributed by atoms with Crippen molar-refractivity contribution >= 4 is 15.9 Å². The first kappa shape index (κ1) is 8.56. The summed E-state index contributed by atoms with van der Waals surface area (Å²) in [5.74, 6) is 1.74. The molecule has 0 spiro atoms. The van der Waals surface area contributed by atoms with E-state index in [9.17, 15) is 0 Å². The normalized spacial score (nSPS) is 10.7. The largest absolute Gasteiger partial charge is 0.463 e. The fraction of sp³-hybridized carbons (Fsp3) is 0.222. The summed E-state index contributed by atoms with van der Waals surface area (Å²) < 4.78 is 8.18. The molecule has 2 aromatic rings. The Labute approximate surface area is 84.5 Å². The fourth-order valence-corrected chi connectivity index (χ4v) is 1.69. The minimum atomic E-state index is 0.788. The topological polar surface area (TPSA) is 31.0 Å². The molecule has 2 heterocycles. The van der Waals surface area contributed by atoms with Crippen LogP contribution in [0.3, 0.4) is 0 Å². The van der Waals surface area contributed by atoms with Gasteiger partial charge in [-0.2, -0.15) is 0 Å². The Balaban J connectivity index is 2.59. The summed E-state index contributed by atoms with van der Waals surface area (Å²) in [5, 5.41) is 0. The van der Waals surface area contributed by atoms with E-state index in [1.807, 2.05) is 30.7 Å². The van der Waals surface area contributed by atoms with Crippen molar-refractivity contribution in [2.75, 3.05) is 0 Å². The van der Waals surface area contributed by atoms with E-state index < -0.39 is 0 Å². The Kier molecular flexibility index (Phi) is 2.00. The van der Waals surface area contributed by atoms with Gasteiger partial charge in [0, 0.05) is 7.05 Å². The van der Waals surface area contributed by atoms with Gasteiger partial charge in [0.05, 0.1) is 6.26 Å². The molecular formula is C9H9BrN2O. The van der Waals surface area contributed by atoms with Crippen LogP contribution in [-0.2, 0) is 7.05 Å². The number of aryl methyl sites for hydroxylation is 1. The van der Waals surface area contributed by atoms with Gasteiger partial charge in [-0.05, 0) is 35.0 Å². The molecule has 4 heteroatoms. The van der Waals surface area contributed by atoms with Gasteiger partial charge in [0.2, 0.25) is 0 Å². The van der Waals surface area contributed by atoms with Crippen molar-refractivity contribution in [3.63, 3.8) is 0 Å². The molecule has 3 nitrogen and oxygen atoms in total. The second-order valence-corrected chi connectivity index (χ2v) is 3.59. The number of nitrogens with zero attached hydrogens (tertiary/aromatic N) is 2. The zero-order valence-electron chi connectivity index (χ0n) is 7.41. The van der Waals surface area contributed by atoms with Crippen LogP contribution in [0.1, 0.15) is 5.82 Å². The van der Waals surface area contributed by atoms with Crippen molar-refractivity contribution in [3.05, 3.63) is 28.8 Å². The Hall–Kier alpha value is -1.03. The molecule has 0 bridgehead atoms. The first-order valence-corrected chi connectivity index (χ1v) is 4.72. The maximum absolute atomic E-state index is 5.26. The molecule has 0 saturated heterocycles. The highest BCUT2D eigenvalue weighted by Crippen LogP contribution is 2.27. The lowest BCUT2D eigenvalue weighted by Crippen LogP contribution is -1.89. The monoisotopic (exact) mass is 240 g/mol. The van der Waals surface area contributed by atoms with Gasteiger partial charge in [-0.25, -0.2) is 4.98 Å². The minimum absolute atomic E-state index is 0.788. The standard InChI is InChI=1S/C9H9BrN2O/c1-6-11-8(9(10)12(6)2)7-4-3-5-13-7/h3-5H,1-2H3. The third-order valence-corrected chi connectivity index (χ3v) is 2.91. The number of halogens is 1. The highest BCUT2D eigenvalue weighted by molar-refractivity contribution is 9.10. The van der Waals surface area contributed by atoms with E-state index in [0.29, 0.717) is 0 Å². The highest BCUT2D eigenvalue weighted by Gasteiger charge is 2.13. The molecule has 0 atom stereocenters. The molecule has 0 aliphatic heterocycles. The van der Waals surface area contributed by atoms with Crippen molar-refractivity contribution < 1.29 is 4.42 Å². The van der Waals surface area contributed by atoms with Gasteiger partial charge in [0.1, 0.15) is 16.1 Å². The van der Waals surface area contributed by atoms with Crippen LogP contribution in [0.5, 0.6) is 0 Å². The maximum atomic E-state index is 5.26. The average molecular weight is 241 g/mol. The van der Waals surface area contributed by atoms with Crippen LogP contribution >= 0.6 is 15.9 Å². The van der Waals surface area contributed by atoms with Crippen LogP contribution in [0.15, 0.2) is 27.4 Å². The Morgan fingerprint density at radius 2 is 2.31 bits per heavy atom. The Bertz CT molecular complexity index is 417. The summed E-state index contributed by atoms with van der Waals surface area (Å²) in [6.45, 7) is 1.96. The van der Waals surface area contributed by atoms with E-state index in [2.05, 4.69) is 20.9 Å². The van der Waals surface area contributed by atoms with Crippen LogP contribution in [0.4, 0.5) is 0 Å². The van der Waals surface area contributed by atoms with E-state index in [0.717, 1.165) is 21.9 Å². The predicted molar refractivity (Wildman–Crippen MR) is 53.3 cm³/mol. The number of hydrogen-bond donors (Lipinski definition) is 0. The Morgan fingerprint density at radius 1 is 1.54 bits per heavy atom. The number of hydrogen-bond acceptors (Lipinski definition) is 2. The molecule has 0 unspecified atom stereocenters. The fourth-order valence-electron chi connectivity index (χ4n) is 1.15. The van der Waals surface area contributed by atoms with Gasteiger partial charge in [-0.1, -0.05) is 0 Å². The quantitative estimate of drug-likeness (QED) is 0.768. The van der Waals surface area contributed by atoms with E-state index in [-0.39, 0.29) is 0 Å². The van der Waals surface area contributed by atoms with Crippen molar-refractivity contribution in [1.29, 1.82) is 0 Å². The number of imidazole rings is 1. The summed E-state index contributed by atoms with van der Waals surface area (Å²) in [6.07, 6.45) is 1.64. The van der Waals surface area contributed by atoms with Gasteiger partial charge in [0.25, 0.3) is 0 Å². The van der Waals surface area contributed by atoms with Gasteiger partial charge in [-0.15, -0.1) is 0 Å². The van der Waals surface area contributed by atoms with Crippen molar-refractivity contribution in [2.24, 2.45) is 7.05 Å². The molecule has 0 fully saturated rings. The van der Waals surface area contributed by atoms with Crippen LogP contribution in [-0.4, -0.2) is 9.55 Å². The summed E-state index contributed by atoms with van der Waals surface area (Å²) in [5.41, 5.74) is 0.852. The molecule has 68 valence electrons. The summed E-state index contributed by atoms with van der Waals surface area (Å²) >= 11 is 3.46. The molecule has 2 aromatic heterocycles. The van der Waals surface area contributed by atoms with E-state index in [1.165, 1.54) is 0 Å². The second-order valence-electron chi connectivity index (χ2n) is 2.83. The molecule has 13 heavy (non-hydrogen) atoms. The third kappa shape index (κ3) is 1.31. The molecule has 0 radical (unpaired) electrons. The van der Waals surface area contributed by atoms with E-state index in [4.69, 9.17) is 4.42 Å². The number of rotatable bonds is 1. The molecule has 2 rings (SSSR count). The van der Waals surface area contributed by atoms with Crippen LogP contribution in [0, 0.1) is 6.92 Å². The highest BCUT2D eigenvalue weighted by atomic mass is 79.9. The molecule has 0 N–H and O–H groups in total. The van der Waals surface area contributed by atoms with Crippen LogP contribution in [0.2, 0.25) is 0 Å². The zero-order chi connectivity index (χ0) is 9.42. The smallest absolute Gasteiger partial charge is 0.155 e. The Morgan fingerprint density at radius 3 is 2.77 bits per heavy atom. The van der Waals surface area contributed by atoms with Crippen LogP contribution in [0.25, 0.3) is 11.5 Å². The molecular weight excluding hydrogens is 232 g/mol. The van der Waals surface area contributed by atoms with Gasteiger partial charge in [-0.3, -0.25) is 0 Å². The third-order valence-electron chi connectivity index (χ3n) is 2.00. The molecule has 0 aliphatic carbocycles. The van der Waals surface area contributed by atoms with Gasteiger partial charge in [0.15, 0.2) is 5.76 Å². The maximum Gasteiger partial charge on any atom is 0.155 e. The second kappa shape index (κ2) is 3.03. The lowest BCUT2D eigenvalue weighted by Gasteiger charge is -1.94. The summed E-state index contributed by atoms with van der Waals surface area (Å²) in [6, 6.07) is 3.75. The first-order chi connectivity index (χ1) is 6.20. The lowest BCUT2D eigenvalue weighted by molar-refractivity contribution is 0.580. The minimum Gasteiger partial charge on any atom is -0.463 e. The van der Waals surface area contributed by atoms with Crippen molar-refractivity contribution in [1.82, 2.24) is 9.55 Å². The predicted octanol–water partition coefficient (Wildman–Crippen LogP) is 2.75. The first-order valence-electron chi connectivity index (χ1n) is 3.93. The van der Waals surface area contributed by atoms with Crippen molar-refractivity contribution in [3.8, 4) is 11.5 Å². The van der Waals surface area contributed by atoms with Gasteiger partial charge < -0.3 is 8.98 Å². The molecule has 0 aromatic carbocycles. The molecule has 0 aliphatic rings. The molecule has 0 amide bonds. The van der Waals surface area contributed by atoms with Crippen molar-refractivity contribution in [2.45, 2.75) is 6.92 Å². The number of furan rings is 1. The number of aromatic nitrogens is 2. The lowest BCUT2D eigenvalue weighted by atomic mass is 10.4. The molecule has 0 saturated carbocycles. The van der Waals surface area contributed by atoms with Crippen LogP contribution < -0.4 is 0 Å².